The number of halogens is 1. The zero-order chi connectivity index (χ0) is 22.1. The van der Waals surface area contributed by atoms with E-state index in [9.17, 15) is 9.90 Å². The molecule has 0 radical (unpaired) electrons. The Morgan fingerprint density at radius 1 is 1.06 bits per heavy atom. The minimum Gasteiger partial charge on any atom is -0.508 e. The van der Waals surface area contributed by atoms with Crippen molar-refractivity contribution >= 4 is 39.7 Å². The minimum absolute atomic E-state index is 0.0323. The summed E-state index contributed by atoms with van der Waals surface area (Å²) in [7, 11) is 0. The van der Waals surface area contributed by atoms with Crippen LogP contribution in [-0.2, 0) is 13.0 Å². The molecular weight excluding hydrogens is 428 g/mol. The van der Waals surface area contributed by atoms with Crippen LogP contribution < -0.4 is 5.32 Å². The number of fused-ring (bicyclic) bond motifs is 3. The van der Waals surface area contributed by atoms with E-state index in [1.165, 1.54) is 12.1 Å². The SMILES string of the molecule is O=C(NCc1ccc(O)cc1Cl)c1nc(Cc2ccccc2)c2oc3ncccc3c2n1. The van der Waals surface area contributed by atoms with Gasteiger partial charge in [0.25, 0.3) is 5.91 Å². The standard InChI is InChI=1S/C24H17ClN4O3/c25-18-12-16(30)9-8-15(18)13-27-23(31)22-28-19(11-14-5-2-1-3-6-14)21-20(29-22)17-7-4-10-26-24(17)32-21/h1-10,12,30H,11,13H2,(H,27,31). The first-order valence-electron chi connectivity index (χ1n) is 9.92. The molecule has 0 aliphatic heterocycles. The summed E-state index contributed by atoms with van der Waals surface area (Å²) in [6.07, 6.45) is 2.12. The van der Waals surface area contributed by atoms with E-state index < -0.39 is 5.91 Å². The average molecular weight is 445 g/mol. The molecule has 2 N–H and O–H groups in total. The first-order chi connectivity index (χ1) is 15.6. The summed E-state index contributed by atoms with van der Waals surface area (Å²) >= 11 is 6.14. The lowest BCUT2D eigenvalue weighted by Gasteiger charge is -2.08. The number of hydrogen-bond donors (Lipinski definition) is 2. The van der Waals surface area contributed by atoms with Gasteiger partial charge in [-0.3, -0.25) is 4.79 Å². The minimum atomic E-state index is -0.441. The van der Waals surface area contributed by atoms with Crippen molar-refractivity contribution in [3.63, 3.8) is 0 Å². The molecule has 0 saturated carbocycles. The molecule has 8 heteroatoms. The summed E-state index contributed by atoms with van der Waals surface area (Å²) in [4.78, 5) is 26.2. The number of nitrogens with zero attached hydrogens (tertiary/aromatic N) is 3. The van der Waals surface area contributed by atoms with Gasteiger partial charge in [0.2, 0.25) is 11.5 Å². The molecule has 3 aromatic heterocycles. The van der Waals surface area contributed by atoms with Crippen molar-refractivity contribution in [3.8, 4) is 5.75 Å². The van der Waals surface area contributed by atoms with Crippen molar-refractivity contribution in [2.24, 2.45) is 0 Å². The van der Waals surface area contributed by atoms with Crippen LogP contribution in [-0.4, -0.2) is 26.0 Å². The van der Waals surface area contributed by atoms with Gasteiger partial charge in [0.1, 0.15) is 11.3 Å². The fourth-order valence-electron chi connectivity index (χ4n) is 3.48. The molecule has 158 valence electrons. The molecule has 5 aromatic rings. The second kappa shape index (κ2) is 8.28. The monoisotopic (exact) mass is 444 g/mol. The van der Waals surface area contributed by atoms with Crippen LogP contribution in [0.2, 0.25) is 5.02 Å². The van der Waals surface area contributed by atoms with Crippen LogP contribution in [0.5, 0.6) is 5.75 Å². The number of hydrogen-bond acceptors (Lipinski definition) is 6. The molecule has 0 atom stereocenters. The van der Waals surface area contributed by atoms with Crippen molar-refractivity contribution in [1.29, 1.82) is 0 Å². The van der Waals surface area contributed by atoms with E-state index in [0.29, 0.717) is 39.5 Å². The fourth-order valence-corrected chi connectivity index (χ4v) is 3.72. The third kappa shape index (κ3) is 3.86. The third-order valence-corrected chi connectivity index (χ3v) is 5.41. The fraction of sp³-hybridized carbons (Fsp3) is 0.0833. The summed E-state index contributed by atoms with van der Waals surface area (Å²) in [5.74, 6) is -0.349. The van der Waals surface area contributed by atoms with Gasteiger partial charge in [0, 0.05) is 24.2 Å². The predicted molar refractivity (Wildman–Crippen MR) is 121 cm³/mol. The Morgan fingerprint density at radius 3 is 2.72 bits per heavy atom. The Hall–Kier alpha value is -3.97. The molecule has 0 fully saturated rings. The number of pyridine rings is 1. The van der Waals surface area contributed by atoms with Gasteiger partial charge in [-0.1, -0.05) is 48.0 Å². The number of phenolic OH excluding ortho intramolecular Hbond substituents is 1. The summed E-state index contributed by atoms with van der Waals surface area (Å²) in [6, 6.07) is 18.0. The zero-order valence-electron chi connectivity index (χ0n) is 16.7. The maximum Gasteiger partial charge on any atom is 0.289 e. The van der Waals surface area contributed by atoms with Gasteiger partial charge < -0.3 is 14.8 Å². The van der Waals surface area contributed by atoms with Gasteiger partial charge in [-0.25, -0.2) is 15.0 Å². The zero-order valence-corrected chi connectivity index (χ0v) is 17.5. The molecule has 0 saturated heterocycles. The van der Waals surface area contributed by atoms with E-state index in [-0.39, 0.29) is 18.1 Å². The van der Waals surface area contributed by atoms with Crippen molar-refractivity contribution in [2.75, 3.05) is 0 Å². The number of nitrogens with one attached hydrogen (secondary N) is 1. The molecule has 5 rings (SSSR count). The number of amides is 1. The largest absolute Gasteiger partial charge is 0.508 e. The highest BCUT2D eigenvalue weighted by molar-refractivity contribution is 6.31. The molecule has 0 unspecified atom stereocenters. The summed E-state index contributed by atoms with van der Waals surface area (Å²) in [5.41, 5.74) is 3.80. The van der Waals surface area contributed by atoms with Crippen LogP contribution in [0.1, 0.15) is 27.4 Å². The molecular formula is C24H17ClN4O3. The quantitative estimate of drug-likeness (QED) is 0.409. The highest BCUT2D eigenvalue weighted by Gasteiger charge is 2.20. The number of aromatic hydroxyl groups is 1. The Morgan fingerprint density at radius 2 is 1.91 bits per heavy atom. The number of benzene rings is 2. The number of rotatable bonds is 5. The Bertz CT molecular complexity index is 1450. The Labute approximate surface area is 187 Å². The second-order valence-corrected chi connectivity index (χ2v) is 7.66. The first kappa shape index (κ1) is 20.0. The van der Waals surface area contributed by atoms with Gasteiger partial charge in [-0.2, -0.15) is 0 Å². The molecule has 0 aliphatic rings. The summed E-state index contributed by atoms with van der Waals surface area (Å²) in [5, 5.41) is 13.4. The topological polar surface area (TPSA) is 101 Å². The molecule has 0 spiro atoms. The maximum absolute atomic E-state index is 12.9. The smallest absolute Gasteiger partial charge is 0.289 e. The number of carbonyl (C=O) groups is 1. The summed E-state index contributed by atoms with van der Waals surface area (Å²) in [6.45, 7) is 0.168. The highest BCUT2D eigenvalue weighted by atomic mass is 35.5. The first-order valence-corrected chi connectivity index (χ1v) is 10.3. The van der Waals surface area contributed by atoms with E-state index in [1.807, 2.05) is 36.4 Å². The lowest BCUT2D eigenvalue weighted by atomic mass is 10.1. The van der Waals surface area contributed by atoms with Crippen molar-refractivity contribution in [1.82, 2.24) is 20.3 Å². The van der Waals surface area contributed by atoms with Crippen LogP contribution in [0, 0.1) is 0 Å². The molecule has 32 heavy (non-hydrogen) atoms. The molecule has 3 heterocycles. The maximum atomic E-state index is 12.9. The molecule has 2 aromatic carbocycles. The number of phenols is 1. The average Bonchev–Trinajstić information content (AvgIpc) is 3.18. The molecule has 0 aliphatic carbocycles. The third-order valence-electron chi connectivity index (χ3n) is 5.05. The lowest BCUT2D eigenvalue weighted by molar-refractivity contribution is 0.0940. The van der Waals surface area contributed by atoms with Crippen molar-refractivity contribution in [2.45, 2.75) is 13.0 Å². The predicted octanol–water partition coefficient (Wildman–Crippen LogP) is 4.65. The molecule has 0 bridgehead atoms. The lowest BCUT2D eigenvalue weighted by Crippen LogP contribution is -2.25. The summed E-state index contributed by atoms with van der Waals surface area (Å²) < 4.78 is 5.94. The van der Waals surface area contributed by atoms with E-state index in [2.05, 4.69) is 20.3 Å². The number of furan rings is 1. The van der Waals surface area contributed by atoms with Crippen molar-refractivity contribution < 1.29 is 14.3 Å². The van der Waals surface area contributed by atoms with Gasteiger partial charge in [0.15, 0.2) is 5.58 Å². The van der Waals surface area contributed by atoms with Crippen LogP contribution in [0.15, 0.2) is 71.3 Å². The molecule has 7 nitrogen and oxygen atoms in total. The Kier molecular flexibility index (Phi) is 5.17. The molecule has 1 amide bonds. The van der Waals surface area contributed by atoms with E-state index in [4.69, 9.17) is 16.0 Å². The normalized spacial score (nSPS) is 11.2. The van der Waals surface area contributed by atoms with Crippen LogP contribution in [0.25, 0.3) is 22.2 Å². The van der Waals surface area contributed by atoms with Gasteiger partial charge >= 0.3 is 0 Å². The van der Waals surface area contributed by atoms with E-state index in [0.717, 1.165) is 10.9 Å². The number of carbonyl (C=O) groups excluding carboxylic acids is 1. The Balaban J connectivity index is 1.53. The van der Waals surface area contributed by atoms with Crippen LogP contribution >= 0.6 is 11.6 Å². The van der Waals surface area contributed by atoms with E-state index >= 15 is 0 Å². The van der Waals surface area contributed by atoms with Gasteiger partial charge in [0.05, 0.1) is 11.1 Å². The second-order valence-electron chi connectivity index (χ2n) is 7.25. The van der Waals surface area contributed by atoms with E-state index in [1.54, 1.807) is 18.3 Å². The van der Waals surface area contributed by atoms with Crippen molar-refractivity contribution in [3.05, 3.63) is 94.5 Å². The van der Waals surface area contributed by atoms with Crippen LogP contribution in [0.3, 0.4) is 0 Å². The van der Waals surface area contributed by atoms with Gasteiger partial charge in [-0.05, 0) is 35.4 Å². The number of aromatic nitrogens is 3. The van der Waals surface area contributed by atoms with Crippen LogP contribution in [0.4, 0.5) is 0 Å². The van der Waals surface area contributed by atoms with Gasteiger partial charge in [-0.15, -0.1) is 0 Å². The highest BCUT2D eigenvalue weighted by Crippen LogP contribution is 2.29.